The van der Waals surface area contributed by atoms with Crippen molar-refractivity contribution in [1.29, 1.82) is 0 Å². The maximum absolute atomic E-state index is 13.0. The van der Waals surface area contributed by atoms with E-state index in [0.717, 1.165) is 41.1 Å². The van der Waals surface area contributed by atoms with Gasteiger partial charge in [-0.15, -0.1) is 0 Å². The van der Waals surface area contributed by atoms with Crippen molar-refractivity contribution in [3.8, 4) is 34.3 Å². The van der Waals surface area contributed by atoms with Crippen molar-refractivity contribution < 1.29 is 43.8 Å². The Labute approximate surface area is 203 Å². The zero-order valence-corrected chi connectivity index (χ0v) is 19.7. The van der Waals surface area contributed by atoms with E-state index in [2.05, 4.69) is 4.57 Å². The third-order valence-electron chi connectivity index (χ3n) is 6.02. The lowest BCUT2D eigenvalue weighted by atomic mass is 9.95. The SMILES string of the molecule is COc1ccc2cc3[n+](cc2c1OS(=O)(=O)c1ccccc1)CCc1cc2c(cc1-3)OCO2.[Cl-]. The molecule has 0 N–H and O–H groups in total. The molecule has 0 fully saturated rings. The number of halogens is 1. The molecule has 7 nitrogen and oxygen atoms in total. The second kappa shape index (κ2) is 8.38. The molecule has 2 aliphatic rings. The van der Waals surface area contributed by atoms with Crippen LogP contribution in [0.5, 0.6) is 23.0 Å². The van der Waals surface area contributed by atoms with Gasteiger partial charge < -0.3 is 30.8 Å². The van der Waals surface area contributed by atoms with Crippen molar-refractivity contribution in [2.45, 2.75) is 17.9 Å². The van der Waals surface area contributed by atoms with Gasteiger partial charge in [0.2, 0.25) is 12.5 Å². The third-order valence-corrected chi connectivity index (χ3v) is 7.26. The highest BCUT2D eigenvalue weighted by atomic mass is 35.5. The summed E-state index contributed by atoms with van der Waals surface area (Å²) in [6, 6.07) is 17.8. The van der Waals surface area contributed by atoms with Crippen molar-refractivity contribution >= 4 is 20.9 Å². The molecule has 0 saturated carbocycles. The number of ether oxygens (including phenoxy) is 3. The van der Waals surface area contributed by atoms with Crippen LogP contribution in [0.3, 0.4) is 0 Å². The molecule has 0 saturated heterocycles. The molecular weight excluding hydrogens is 478 g/mol. The predicted octanol–water partition coefficient (Wildman–Crippen LogP) is 0.859. The number of aromatic nitrogens is 1. The third kappa shape index (κ3) is 3.59. The van der Waals surface area contributed by atoms with E-state index in [9.17, 15) is 8.42 Å². The van der Waals surface area contributed by atoms with Crippen molar-refractivity contribution in [2.24, 2.45) is 0 Å². The molecule has 2 aliphatic heterocycles. The zero-order chi connectivity index (χ0) is 22.6. The van der Waals surface area contributed by atoms with E-state index >= 15 is 0 Å². The second-order valence-corrected chi connectivity index (χ2v) is 9.46. The standard InChI is InChI=1S/C25H20NO6S.ClH/c1-29-22-8-7-16-11-21-19-13-24-23(30-15-31-24)12-17(19)9-10-26(21)14-20(16)25(22)32-33(27,28)18-5-3-2-4-6-18;/h2-8,11-14H,9-10,15H2,1H3;1H/q+1;/p-1. The van der Waals surface area contributed by atoms with Gasteiger partial charge in [-0.3, -0.25) is 0 Å². The number of fused-ring (bicyclic) bond motifs is 5. The van der Waals surface area contributed by atoms with Crippen LogP contribution in [-0.2, 0) is 23.1 Å². The molecule has 0 atom stereocenters. The lowest BCUT2D eigenvalue weighted by molar-refractivity contribution is -0.686. The summed E-state index contributed by atoms with van der Waals surface area (Å²) in [4.78, 5) is 0.0830. The van der Waals surface area contributed by atoms with Crippen molar-refractivity contribution in [2.75, 3.05) is 13.9 Å². The maximum Gasteiger partial charge on any atom is 0.339 e. The average Bonchev–Trinajstić information content (AvgIpc) is 3.30. The van der Waals surface area contributed by atoms with Gasteiger partial charge in [-0.25, -0.2) is 0 Å². The molecule has 0 amide bonds. The molecule has 0 radical (unpaired) electrons. The highest BCUT2D eigenvalue weighted by Crippen LogP contribution is 2.42. The summed E-state index contributed by atoms with van der Waals surface area (Å²) >= 11 is 0. The Balaban J connectivity index is 0.00000241. The number of rotatable bonds is 4. The molecule has 0 spiro atoms. The fourth-order valence-corrected chi connectivity index (χ4v) is 5.37. The summed E-state index contributed by atoms with van der Waals surface area (Å²) < 4.78 is 50.2. The number of hydrogen-bond acceptors (Lipinski definition) is 6. The first-order valence-electron chi connectivity index (χ1n) is 10.5. The Hall–Kier alpha value is -3.49. The lowest BCUT2D eigenvalue weighted by Crippen LogP contribution is -3.00. The molecule has 9 heteroatoms. The van der Waals surface area contributed by atoms with Crippen LogP contribution in [0.4, 0.5) is 0 Å². The number of hydrogen-bond donors (Lipinski definition) is 0. The topological polar surface area (TPSA) is 74.9 Å². The van der Waals surface area contributed by atoms with Crippen LogP contribution in [0.2, 0.25) is 0 Å². The molecule has 0 unspecified atom stereocenters. The molecule has 34 heavy (non-hydrogen) atoms. The van der Waals surface area contributed by atoms with Gasteiger partial charge in [-0.2, -0.15) is 13.0 Å². The second-order valence-electron chi connectivity index (χ2n) is 7.92. The van der Waals surface area contributed by atoms with Gasteiger partial charge in [-0.1, -0.05) is 18.2 Å². The summed E-state index contributed by atoms with van der Waals surface area (Å²) in [5, 5.41) is 1.49. The highest BCUT2D eigenvalue weighted by molar-refractivity contribution is 7.87. The van der Waals surface area contributed by atoms with Crippen LogP contribution in [0, 0.1) is 0 Å². The van der Waals surface area contributed by atoms with Crippen LogP contribution in [-0.4, -0.2) is 22.3 Å². The Morgan fingerprint density at radius 1 is 0.971 bits per heavy atom. The van der Waals surface area contributed by atoms with E-state index in [-0.39, 0.29) is 29.8 Å². The summed E-state index contributed by atoms with van der Waals surface area (Å²) in [5.74, 6) is 2.03. The van der Waals surface area contributed by atoms with Crippen LogP contribution in [0.25, 0.3) is 22.0 Å². The summed E-state index contributed by atoms with van der Waals surface area (Å²) in [6.45, 7) is 0.965. The fourth-order valence-electron chi connectivity index (χ4n) is 4.39. The van der Waals surface area contributed by atoms with Crippen molar-refractivity contribution in [1.82, 2.24) is 0 Å². The minimum atomic E-state index is -4.03. The van der Waals surface area contributed by atoms with Crippen LogP contribution >= 0.6 is 0 Å². The van der Waals surface area contributed by atoms with E-state index in [1.54, 1.807) is 24.3 Å². The molecule has 1 aromatic heterocycles. The van der Waals surface area contributed by atoms with Gasteiger partial charge in [0.15, 0.2) is 35.7 Å². The Morgan fingerprint density at radius 2 is 1.74 bits per heavy atom. The molecule has 3 heterocycles. The molecule has 0 bridgehead atoms. The first-order valence-corrected chi connectivity index (χ1v) is 11.9. The first-order chi connectivity index (χ1) is 16.0. The van der Waals surface area contributed by atoms with Crippen molar-refractivity contribution in [3.05, 3.63) is 72.4 Å². The summed E-state index contributed by atoms with van der Waals surface area (Å²) in [6.07, 6.45) is 2.74. The van der Waals surface area contributed by atoms with E-state index in [4.69, 9.17) is 18.4 Å². The van der Waals surface area contributed by atoms with Gasteiger partial charge in [0.25, 0.3) is 0 Å². The minimum Gasteiger partial charge on any atom is -1.00 e. The van der Waals surface area contributed by atoms with E-state index in [1.165, 1.54) is 24.8 Å². The predicted molar refractivity (Wildman–Crippen MR) is 120 cm³/mol. The fraction of sp³-hybridized carbons (Fsp3) is 0.160. The highest BCUT2D eigenvalue weighted by Gasteiger charge is 2.29. The summed E-state index contributed by atoms with van der Waals surface area (Å²) in [5.41, 5.74) is 3.28. The minimum absolute atomic E-state index is 0. The number of pyridine rings is 1. The van der Waals surface area contributed by atoms with Gasteiger partial charge in [0.1, 0.15) is 4.90 Å². The molecule has 4 aromatic rings. The lowest BCUT2D eigenvalue weighted by Gasteiger charge is -2.17. The molecule has 3 aromatic carbocycles. The van der Waals surface area contributed by atoms with Crippen LogP contribution < -0.4 is 35.4 Å². The Bertz CT molecular complexity index is 1520. The summed E-state index contributed by atoms with van der Waals surface area (Å²) in [7, 11) is -2.54. The van der Waals surface area contributed by atoms with Crippen molar-refractivity contribution in [3.63, 3.8) is 0 Å². The number of benzene rings is 3. The van der Waals surface area contributed by atoms with Gasteiger partial charge in [0, 0.05) is 12.5 Å². The smallest absolute Gasteiger partial charge is 0.339 e. The van der Waals surface area contributed by atoms with Gasteiger partial charge in [0.05, 0.1) is 18.1 Å². The first kappa shape index (κ1) is 22.3. The monoisotopic (exact) mass is 497 g/mol. The zero-order valence-electron chi connectivity index (χ0n) is 18.2. The van der Waals surface area contributed by atoms with Crippen LogP contribution in [0.1, 0.15) is 5.56 Å². The van der Waals surface area contributed by atoms with E-state index in [0.29, 0.717) is 11.1 Å². The average molecular weight is 498 g/mol. The molecule has 0 aliphatic carbocycles. The van der Waals surface area contributed by atoms with E-state index < -0.39 is 10.1 Å². The Kier molecular flexibility index (Phi) is 5.50. The van der Waals surface area contributed by atoms with Gasteiger partial charge in [-0.05, 0) is 47.3 Å². The van der Waals surface area contributed by atoms with E-state index in [1.807, 2.05) is 30.5 Å². The molecule has 6 rings (SSSR count). The quantitative estimate of drug-likeness (QED) is 0.307. The largest absolute Gasteiger partial charge is 1.00 e. The maximum atomic E-state index is 13.0. The number of methoxy groups -OCH3 is 1. The number of aryl methyl sites for hydroxylation is 2. The van der Waals surface area contributed by atoms with Crippen LogP contribution in [0.15, 0.2) is 71.8 Å². The molecular formula is C25H20ClNO6S. The molecule has 174 valence electrons. The van der Waals surface area contributed by atoms with Gasteiger partial charge >= 0.3 is 10.1 Å². The normalized spacial score (nSPS) is 13.6. The Morgan fingerprint density at radius 3 is 2.50 bits per heavy atom. The number of nitrogens with zero attached hydrogens (tertiary/aromatic N) is 1.